The van der Waals surface area contributed by atoms with E-state index in [1.807, 2.05) is 6.92 Å². The maximum absolute atomic E-state index is 11.0. The van der Waals surface area contributed by atoms with Crippen LogP contribution in [0.5, 0.6) is 0 Å². The lowest BCUT2D eigenvalue weighted by Gasteiger charge is -2.23. The van der Waals surface area contributed by atoms with E-state index in [4.69, 9.17) is 11.1 Å². The molecule has 0 radical (unpaired) electrons. The topological polar surface area (TPSA) is 82.2 Å². The zero-order valence-corrected chi connectivity index (χ0v) is 9.13. The van der Waals surface area contributed by atoms with E-state index in [1.54, 1.807) is 18.9 Å². The van der Waals surface area contributed by atoms with Crippen LogP contribution in [0.3, 0.4) is 0 Å². The van der Waals surface area contributed by atoms with Crippen LogP contribution in [-0.2, 0) is 4.79 Å². The van der Waals surface area contributed by atoms with Crippen molar-refractivity contribution in [3.8, 4) is 0 Å². The molecule has 0 aliphatic heterocycles. The zero-order valence-electron chi connectivity index (χ0n) is 9.13. The lowest BCUT2D eigenvalue weighted by atomic mass is 10.1. The molecule has 0 spiro atoms. The van der Waals surface area contributed by atoms with Crippen molar-refractivity contribution in [2.24, 2.45) is 5.73 Å². The van der Waals surface area contributed by atoms with Crippen molar-refractivity contribution in [1.29, 1.82) is 5.41 Å². The van der Waals surface area contributed by atoms with E-state index in [2.05, 4.69) is 5.32 Å². The Morgan fingerprint density at radius 2 is 2.21 bits per heavy atom. The largest absolute Gasteiger partial charge is 0.370 e. The van der Waals surface area contributed by atoms with E-state index in [0.717, 1.165) is 12.8 Å². The number of nitrogens with zero attached hydrogens (tertiary/aromatic N) is 1. The molecule has 14 heavy (non-hydrogen) atoms. The monoisotopic (exact) mass is 200 g/mol. The van der Waals surface area contributed by atoms with Crippen LogP contribution in [0, 0.1) is 5.41 Å². The van der Waals surface area contributed by atoms with Gasteiger partial charge in [-0.2, -0.15) is 0 Å². The van der Waals surface area contributed by atoms with E-state index in [-0.39, 0.29) is 17.9 Å². The summed E-state index contributed by atoms with van der Waals surface area (Å²) >= 11 is 0. The average Bonchev–Trinajstić information content (AvgIpc) is 2.10. The Kier molecular flexibility index (Phi) is 5.67. The molecule has 0 unspecified atom stereocenters. The number of amides is 1. The quantitative estimate of drug-likeness (QED) is 0.335. The third kappa shape index (κ3) is 5.40. The van der Waals surface area contributed by atoms with Crippen molar-refractivity contribution in [2.45, 2.75) is 32.7 Å². The number of nitrogens with one attached hydrogen (secondary N) is 2. The van der Waals surface area contributed by atoms with Crippen molar-refractivity contribution in [3.05, 3.63) is 0 Å². The van der Waals surface area contributed by atoms with E-state index in [0.29, 0.717) is 6.54 Å². The molecule has 0 rings (SSSR count). The van der Waals surface area contributed by atoms with Crippen molar-refractivity contribution in [2.75, 3.05) is 13.6 Å². The fourth-order valence-corrected chi connectivity index (χ4v) is 1.12. The second-order valence-electron chi connectivity index (χ2n) is 3.46. The third-order valence-corrected chi connectivity index (χ3v) is 2.27. The van der Waals surface area contributed by atoms with Gasteiger partial charge in [0.25, 0.3) is 0 Å². The minimum absolute atomic E-state index is 0.00224. The highest BCUT2D eigenvalue weighted by Gasteiger charge is 2.10. The van der Waals surface area contributed by atoms with Crippen LogP contribution in [-0.4, -0.2) is 36.4 Å². The molecular weight excluding hydrogens is 180 g/mol. The highest BCUT2D eigenvalue weighted by atomic mass is 16.2. The number of carbonyl (C=O) groups excluding carboxylic acids is 1. The SMILES string of the molecule is CC(=O)N(C)[C@H](C)CCCNC(=N)N. The normalized spacial score (nSPS) is 11.9. The van der Waals surface area contributed by atoms with Gasteiger partial charge in [0.1, 0.15) is 0 Å². The maximum Gasteiger partial charge on any atom is 0.219 e. The van der Waals surface area contributed by atoms with Crippen molar-refractivity contribution in [3.63, 3.8) is 0 Å². The van der Waals surface area contributed by atoms with Gasteiger partial charge in [-0.25, -0.2) is 0 Å². The number of carbonyl (C=O) groups is 1. The Bertz CT molecular complexity index is 205. The Morgan fingerprint density at radius 1 is 1.64 bits per heavy atom. The molecule has 0 saturated heterocycles. The molecule has 0 aliphatic carbocycles. The molecule has 4 N–H and O–H groups in total. The number of guanidine groups is 1. The standard InChI is InChI=1S/C9H20N4O/c1-7(13(3)8(2)14)5-4-6-12-9(10)11/h7H,4-6H2,1-3H3,(H4,10,11,12)/t7-/m1/s1. The lowest BCUT2D eigenvalue weighted by molar-refractivity contribution is -0.129. The van der Waals surface area contributed by atoms with E-state index in [1.165, 1.54) is 0 Å². The molecular formula is C9H20N4O. The smallest absolute Gasteiger partial charge is 0.219 e. The Hall–Kier alpha value is -1.26. The number of rotatable bonds is 5. The lowest BCUT2D eigenvalue weighted by Crippen LogP contribution is -2.35. The molecule has 0 aromatic heterocycles. The summed E-state index contributed by atoms with van der Waals surface area (Å²) in [6.07, 6.45) is 1.81. The van der Waals surface area contributed by atoms with E-state index < -0.39 is 0 Å². The molecule has 5 nitrogen and oxygen atoms in total. The van der Waals surface area contributed by atoms with Crippen LogP contribution < -0.4 is 11.1 Å². The molecule has 82 valence electrons. The zero-order chi connectivity index (χ0) is 11.1. The van der Waals surface area contributed by atoms with Crippen molar-refractivity contribution < 1.29 is 4.79 Å². The second kappa shape index (κ2) is 6.23. The highest BCUT2D eigenvalue weighted by Crippen LogP contribution is 2.03. The summed E-state index contributed by atoms with van der Waals surface area (Å²) in [6.45, 7) is 4.25. The summed E-state index contributed by atoms with van der Waals surface area (Å²) in [4.78, 5) is 12.7. The van der Waals surface area contributed by atoms with Gasteiger partial charge in [-0.15, -0.1) is 0 Å². The van der Waals surface area contributed by atoms with Crippen LogP contribution in [0.2, 0.25) is 0 Å². The van der Waals surface area contributed by atoms with Gasteiger partial charge in [0.15, 0.2) is 5.96 Å². The molecule has 1 atom stereocenters. The Labute approximate surface area is 85.2 Å². The third-order valence-electron chi connectivity index (χ3n) is 2.27. The molecule has 0 aliphatic rings. The Balaban J connectivity index is 3.58. The van der Waals surface area contributed by atoms with Gasteiger partial charge in [0, 0.05) is 26.6 Å². The second-order valence-corrected chi connectivity index (χ2v) is 3.46. The van der Waals surface area contributed by atoms with Gasteiger partial charge in [0.2, 0.25) is 5.91 Å². The maximum atomic E-state index is 11.0. The Morgan fingerprint density at radius 3 is 2.64 bits per heavy atom. The van der Waals surface area contributed by atoms with Gasteiger partial charge in [0.05, 0.1) is 0 Å². The molecule has 0 heterocycles. The summed E-state index contributed by atoms with van der Waals surface area (Å²) < 4.78 is 0. The first kappa shape index (κ1) is 12.7. The van der Waals surface area contributed by atoms with Crippen LogP contribution >= 0.6 is 0 Å². The first-order chi connectivity index (χ1) is 6.45. The van der Waals surface area contributed by atoms with Crippen LogP contribution in [0.15, 0.2) is 0 Å². The fourth-order valence-electron chi connectivity index (χ4n) is 1.12. The first-order valence-electron chi connectivity index (χ1n) is 4.76. The summed E-state index contributed by atoms with van der Waals surface area (Å²) in [5, 5.41) is 9.66. The molecule has 1 amide bonds. The first-order valence-corrected chi connectivity index (χ1v) is 4.76. The predicted molar refractivity (Wildman–Crippen MR) is 57.1 cm³/mol. The van der Waals surface area contributed by atoms with E-state index in [9.17, 15) is 4.79 Å². The van der Waals surface area contributed by atoms with Crippen LogP contribution in [0.4, 0.5) is 0 Å². The van der Waals surface area contributed by atoms with Gasteiger partial charge < -0.3 is 16.0 Å². The van der Waals surface area contributed by atoms with Gasteiger partial charge in [-0.1, -0.05) is 0 Å². The number of nitrogens with two attached hydrogens (primary N) is 1. The van der Waals surface area contributed by atoms with Gasteiger partial charge in [-0.3, -0.25) is 10.2 Å². The predicted octanol–water partition coefficient (Wildman–Crippen LogP) is 0.116. The highest BCUT2D eigenvalue weighted by molar-refractivity contribution is 5.74. The summed E-state index contributed by atoms with van der Waals surface area (Å²) in [5.41, 5.74) is 5.13. The molecule has 5 heteroatoms. The summed E-state index contributed by atoms with van der Waals surface area (Å²) in [7, 11) is 1.80. The average molecular weight is 200 g/mol. The molecule has 0 aromatic carbocycles. The molecule has 0 saturated carbocycles. The van der Waals surface area contributed by atoms with Gasteiger partial charge in [-0.05, 0) is 19.8 Å². The van der Waals surface area contributed by atoms with Crippen LogP contribution in [0.25, 0.3) is 0 Å². The molecule has 0 bridgehead atoms. The summed E-state index contributed by atoms with van der Waals surface area (Å²) in [5.74, 6) is 0.0783. The minimum Gasteiger partial charge on any atom is -0.370 e. The van der Waals surface area contributed by atoms with E-state index >= 15 is 0 Å². The van der Waals surface area contributed by atoms with Gasteiger partial charge >= 0.3 is 0 Å². The molecule has 0 aromatic rings. The number of hydrogen-bond acceptors (Lipinski definition) is 2. The van der Waals surface area contributed by atoms with Crippen molar-refractivity contribution >= 4 is 11.9 Å². The molecule has 0 fully saturated rings. The fraction of sp³-hybridized carbons (Fsp3) is 0.778. The van der Waals surface area contributed by atoms with Crippen LogP contribution in [0.1, 0.15) is 26.7 Å². The summed E-state index contributed by atoms with van der Waals surface area (Å²) in [6, 6.07) is 0.237. The van der Waals surface area contributed by atoms with Crippen molar-refractivity contribution in [1.82, 2.24) is 10.2 Å². The minimum atomic E-state index is -0.00224. The number of hydrogen-bond donors (Lipinski definition) is 3.